The van der Waals surface area contributed by atoms with Gasteiger partial charge in [-0.05, 0) is 37.4 Å². The highest BCUT2D eigenvalue weighted by Crippen LogP contribution is 2.25. The van der Waals surface area contributed by atoms with E-state index in [4.69, 9.17) is 9.15 Å². The van der Waals surface area contributed by atoms with Crippen molar-refractivity contribution in [2.75, 3.05) is 20.2 Å². The van der Waals surface area contributed by atoms with Crippen LogP contribution in [0.5, 0.6) is 0 Å². The summed E-state index contributed by atoms with van der Waals surface area (Å²) in [5, 5.41) is 2.01. The first kappa shape index (κ1) is 14.3. The average molecular weight is 306 g/mol. The first-order valence-electron chi connectivity index (χ1n) is 7.04. The minimum absolute atomic E-state index is 0.0465. The van der Waals surface area contributed by atoms with Crippen molar-refractivity contribution in [3.63, 3.8) is 0 Å². The molecule has 0 unspecified atom stereocenters. The fraction of sp³-hybridized carbons (Fsp3) is 0.467. The van der Waals surface area contributed by atoms with Crippen LogP contribution >= 0.6 is 11.3 Å². The van der Waals surface area contributed by atoms with Gasteiger partial charge in [-0.1, -0.05) is 6.07 Å². The number of thiophene rings is 1. The lowest BCUT2D eigenvalue weighted by molar-refractivity contribution is -0.147. The number of rotatable bonds is 4. The molecule has 0 aliphatic carbocycles. The third-order valence-corrected chi connectivity index (χ3v) is 4.65. The van der Waals surface area contributed by atoms with E-state index in [0.717, 1.165) is 43.0 Å². The molecule has 0 N–H and O–H groups in total. The van der Waals surface area contributed by atoms with E-state index in [1.807, 2.05) is 17.5 Å². The molecule has 1 fully saturated rings. The van der Waals surface area contributed by atoms with E-state index in [2.05, 4.69) is 9.88 Å². The smallest absolute Gasteiger partial charge is 0.308 e. The topological polar surface area (TPSA) is 55.6 Å². The largest absolute Gasteiger partial charge is 0.469 e. The van der Waals surface area contributed by atoms with Crippen LogP contribution in [0.1, 0.15) is 18.5 Å². The van der Waals surface area contributed by atoms with E-state index in [9.17, 15) is 4.79 Å². The second-order valence-corrected chi connectivity index (χ2v) is 6.14. The van der Waals surface area contributed by atoms with Crippen LogP contribution in [0.3, 0.4) is 0 Å². The van der Waals surface area contributed by atoms with Crippen LogP contribution in [0.15, 0.2) is 28.2 Å². The third kappa shape index (κ3) is 3.33. The molecular formula is C15H18N2O3S. The van der Waals surface area contributed by atoms with Crippen LogP contribution in [0.2, 0.25) is 0 Å². The Morgan fingerprint density at radius 3 is 3.00 bits per heavy atom. The number of hydrogen-bond acceptors (Lipinski definition) is 6. The number of esters is 1. The molecule has 0 atom stereocenters. The zero-order valence-corrected chi connectivity index (χ0v) is 12.8. The number of hydrogen-bond donors (Lipinski definition) is 0. The fourth-order valence-electron chi connectivity index (χ4n) is 2.62. The monoisotopic (exact) mass is 306 g/mol. The van der Waals surface area contributed by atoms with Crippen molar-refractivity contribution in [3.05, 3.63) is 29.5 Å². The number of aromatic nitrogens is 1. The molecule has 1 aliphatic rings. The Hall–Kier alpha value is -1.66. The first-order chi connectivity index (χ1) is 10.3. The summed E-state index contributed by atoms with van der Waals surface area (Å²) in [7, 11) is 1.45. The van der Waals surface area contributed by atoms with Crippen molar-refractivity contribution in [3.8, 4) is 10.8 Å². The Labute approximate surface area is 127 Å². The predicted molar refractivity (Wildman–Crippen MR) is 79.8 cm³/mol. The maximum atomic E-state index is 11.5. The highest BCUT2D eigenvalue weighted by atomic mass is 32.1. The molecule has 1 saturated heterocycles. The molecule has 3 rings (SSSR count). The molecule has 6 heteroatoms. The Bertz CT molecular complexity index is 586. The molecule has 0 bridgehead atoms. The van der Waals surface area contributed by atoms with Gasteiger partial charge in [-0.15, -0.1) is 11.3 Å². The van der Waals surface area contributed by atoms with Crippen LogP contribution in [0.25, 0.3) is 10.8 Å². The van der Waals surface area contributed by atoms with Gasteiger partial charge in [0.1, 0.15) is 6.26 Å². The maximum Gasteiger partial charge on any atom is 0.308 e. The molecule has 3 heterocycles. The van der Waals surface area contributed by atoms with Crippen molar-refractivity contribution in [2.45, 2.75) is 19.4 Å². The van der Waals surface area contributed by atoms with Crippen molar-refractivity contribution in [2.24, 2.45) is 5.92 Å². The maximum absolute atomic E-state index is 11.5. The Balaban J connectivity index is 1.55. The lowest BCUT2D eigenvalue weighted by atomic mass is 9.97. The molecule has 0 spiro atoms. The molecule has 0 radical (unpaired) electrons. The van der Waals surface area contributed by atoms with Crippen LogP contribution < -0.4 is 0 Å². The molecule has 21 heavy (non-hydrogen) atoms. The minimum atomic E-state index is -0.0870. The summed E-state index contributed by atoms with van der Waals surface area (Å²) in [4.78, 5) is 19.4. The van der Waals surface area contributed by atoms with Crippen LogP contribution in [0.4, 0.5) is 0 Å². The third-order valence-electron chi connectivity index (χ3n) is 3.79. The summed E-state index contributed by atoms with van der Waals surface area (Å²) < 4.78 is 10.3. The van der Waals surface area contributed by atoms with Crippen molar-refractivity contribution >= 4 is 17.3 Å². The zero-order valence-electron chi connectivity index (χ0n) is 11.9. The number of ether oxygens (including phenoxy) is 1. The minimum Gasteiger partial charge on any atom is -0.469 e. The van der Waals surface area contributed by atoms with E-state index in [-0.39, 0.29) is 11.9 Å². The molecule has 2 aromatic heterocycles. The van der Waals surface area contributed by atoms with Crippen LogP contribution in [-0.2, 0) is 16.1 Å². The van der Waals surface area contributed by atoms with Gasteiger partial charge in [0, 0.05) is 6.54 Å². The summed E-state index contributed by atoms with van der Waals surface area (Å²) in [6.07, 6.45) is 3.42. The number of carbonyl (C=O) groups excluding carboxylic acids is 1. The van der Waals surface area contributed by atoms with Gasteiger partial charge in [0.25, 0.3) is 0 Å². The molecule has 2 aromatic rings. The van der Waals surface area contributed by atoms with Crippen molar-refractivity contribution in [1.29, 1.82) is 0 Å². The number of oxazole rings is 1. The summed E-state index contributed by atoms with van der Waals surface area (Å²) in [6, 6.07) is 3.99. The second kappa shape index (κ2) is 6.41. The van der Waals surface area contributed by atoms with Gasteiger partial charge < -0.3 is 9.15 Å². The molecule has 0 amide bonds. The standard InChI is InChI=1S/C15H18N2O3S/c1-19-15(18)11-4-6-17(7-5-11)9-12-10-20-14(16-12)13-3-2-8-21-13/h2-3,8,10-11H,4-7,9H2,1H3. The summed E-state index contributed by atoms with van der Waals surface area (Å²) in [5.41, 5.74) is 0.940. The normalized spacial score (nSPS) is 17.0. The van der Waals surface area contributed by atoms with Gasteiger partial charge >= 0.3 is 5.97 Å². The lowest BCUT2D eigenvalue weighted by Gasteiger charge is -2.29. The van der Waals surface area contributed by atoms with Gasteiger partial charge in [0.15, 0.2) is 0 Å². The van der Waals surface area contributed by atoms with Gasteiger partial charge in [-0.25, -0.2) is 4.98 Å². The number of piperidine rings is 1. The zero-order chi connectivity index (χ0) is 14.7. The van der Waals surface area contributed by atoms with E-state index < -0.39 is 0 Å². The Morgan fingerprint density at radius 2 is 2.33 bits per heavy atom. The Kier molecular flexibility index (Phi) is 4.36. The van der Waals surface area contributed by atoms with Gasteiger partial charge in [0.05, 0.1) is 23.6 Å². The molecular weight excluding hydrogens is 288 g/mol. The predicted octanol–water partition coefficient (Wildman–Crippen LogP) is 2.79. The molecule has 1 aliphatic heterocycles. The van der Waals surface area contributed by atoms with Gasteiger partial charge in [-0.3, -0.25) is 9.69 Å². The van der Waals surface area contributed by atoms with Crippen LogP contribution in [0, 0.1) is 5.92 Å². The van der Waals surface area contributed by atoms with E-state index in [1.165, 1.54) is 7.11 Å². The van der Waals surface area contributed by atoms with Gasteiger partial charge in [0.2, 0.25) is 5.89 Å². The molecule has 112 valence electrons. The number of carbonyl (C=O) groups is 1. The summed E-state index contributed by atoms with van der Waals surface area (Å²) >= 11 is 1.62. The van der Waals surface area contributed by atoms with Gasteiger partial charge in [-0.2, -0.15) is 0 Å². The number of methoxy groups -OCH3 is 1. The average Bonchev–Trinajstić information content (AvgIpc) is 3.18. The highest BCUT2D eigenvalue weighted by Gasteiger charge is 2.25. The van der Waals surface area contributed by atoms with Crippen molar-refractivity contribution in [1.82, 2.24) is 9.88 Å². The lowest BCUT2D eigenvalue weighted by Crippen LogP contribution is -2.36. The molecule has 0 aromatic carbocycles. The van der Waals surface area contributed by atoms with E-state index in [1.54, 1.807) is 17.6 Å². The number of nitrogens with zero attached hydrogens (tertiary/aromatic N) is 2. The number of likely N-dealkylation sites (tertiary alicyclic amines) is 1. The Morgan fingerprint density at radius 1 is 1.52 bits per heavy atom. The van der Waals surface area contributed by atoms with E-state index in [0.29, 0.717) is 5.89 Å². The second-order valence-electron chi connectivity index (χ2n) is 5.19. The summed E-state index contributed by atoms with van der Waals surface area (Å²) in [5.74, 6) is 0.644. The van der Waals surface area contributed by atoms with Crippen molar-refractivity contribution < 1.29 is 13.9 Å². The SMILES string of the molecule is COC(=O)C1CCN(Cc2coc(-c3cccs3)n2)CC1. The summed E-state index contributed by atoms with van der Waals surface area (Å²) in [6.45, 7) is 2.55. The fourth-order valence-corrected chi connectivity index (χ4v) is 3.27. The van der Waals surface area contributed by atoms with E-state index >= 15 is 0 Å². The van der Waals surface area contributed by atoms with Crippen LogP contribution in [-0.4, -0.2) is 36.1 Å². The molecule has 0 saturated carbocycles. The highest BCUT2D eigenvalue weighted by molar-refractivity contribution is 7.13. The first-order valence-corrected chi connectivity index (χ1v) is 7.92. The quantitative estimate of drug-likeness (QED) is 0.813. The molecule has 5 nitrogen and oxygen atoms in total.